The molecule has 2 saturated carbocycles. The maximum atomic E-state index is 3.36. The minimum absolute atomic E-state index is 0.616. The molecule has 3 aliphatic rings. The number of hydrogen-bond acceptors (Lipinski definition) is 0. The van der Waals surface area contributed by atoms with E-state index in [-0.39, 0.29) is 0 Å². The summed E-state index contributed by atoms with van der Waals surface area (Å²) in [4.78, 5) is 0. The summed E-state index contributed by atoms with van der Waals surface area (Å²) in [5.41, 5.74) is 4.59. The molecule has 0 bridgehead atoms. The van der Waals surface area contributed by atoms with E-state index in [0.717, 1.165) is 0 Å². The van der Waals surface area contributed by atoms with Crippen LogP contribution in [-0.2, 0) is 0 Å². The molecule has 0 saturated heterocycles. The van der Waals surface area contributed by atoms with E-state index in [1.165, 1.54) is 38.5 Å². The molecular weight excluding hydrogens is 132 g/mol. The van der Waals surface area contributed by atoms with E-state index in [0.29, 0.717) is 10.8 Å². The first-order valence-electron chi connectivity index (χ1n) is 4.82. The second kappa shape index (κ2) is 1.64. The van der Waals surface area contributed by atoms with Crippen LogP contribution in [0.2, 0.25) is 0 Å². The van der Waals surface area contributed by atoms with Gasteiger partial charge in [-0.25, -0.2) is 0 Å². The number of rotatable bonds is 0. The van der Waals surface area contributed by atoms with Gasteiger partial charge in [-0.1, -0.05) is 12.8 Å². The molecule has 0 unspecified atom stereocenters. The van der Waals surface area contributed by atoms with Crippen molar-refractivity contribution in [1.29, 1.82) is 0 Å². The Morgan fingerprint density at radius 3 is 1.55 bits per heavy atom. The third-order valence-electron chi connectivity index (χ3n) is 4.20. The van der Waals surface area contributed by atoms with Gasteiger partial charge in [0.25, 0.3) is 0 Å². The van der Waals surface area contributed by atoms with E-state index in [9.17, 15) is 0 Å². The average molecular weight is 146 g/mol. The number of fused-ring (bicyclic) bond motifs is 1. The molecule has 2 spiro atoms. The predicted molar refractivity (Wildman–Crippen MR) is 45.2 cm³/mol. The molecule has 0 amide bonds. The largest absolute Gasteiger partial charge is 0.128 e. The van der Waals surface area contributed by atoms with Crippen LogP contribution in [0.15, 0.2) is 17.9 Å². The Balaban J connectivity index is 1.99. The highest BCUT2D eigenvalue weighted by Gasteiger charge is 2.56. The second-order valence-corrected chi connectivity index (χ2v) is 4.47. The van der Waals surface area contributed by atoms with Gasteiger partial charge in [-0.3, -0.25) is 0 Å². The molecule has 0 heterocycles. The van der Waals surface area contributed by atoms with Crippen molar-refractivity contribution in [3.63, 3.8) is 0 Å². The van der Waals surface area contributed by atoms with E-state index in [2.05, 4.69) is 17.9 Å². The average Bonchev–Trinajstić information content (AvgIpc) is 2.21. The topological polar surface area (TPSA) is 0 Å². The summed E-state index contributed by atoms with van der Waals surface area (Å²) in [5.74, 6) is 0. The third-order valence-corrected chi connectivity index (χ3v) is 4.20. The first-order valence-corrected chi connectivity index (χ1v) is 4.82. The van der Waals surface area contributed by atoms with Crippen molar-refractivity contribution >= 4 is 0 Å². The maximum Gasteiger partial charge on any atom is 0.00544 e. The van der Waals surface area contributed by atoms with Crippen LogP contribution < -0.4 is 0 Å². The second-order valence-electron chi connectivity index (χ2n) is 4.47. The Morgan fingerprint density at radius 2 is 1.27 bits per heavy atom. The highest BCUT2D eigenvalue weighted by atomic mass is 14.6. The molecule has 11 heavy (non-hydrogen) atoms. The monoisotopic (exact) mass is 146 g/mol. The van der Waals surface area contributed by atoms with Crippen LogP contribution in [0.4, 0.5) is 0 Å². The molecule has 0 heteroatoms. The highest BCUT2D eigenvalue weighted by Crippen LogP contribution is 2.66. The number of hydrogen-bond donors (Lipinski definition) is 0. The van der Waals surface area contributed by atoms with Gasteiger partial charge in [0.05, 0.1) is 0 Å². The van der Waals surface area contributed by atoms with E-state index < -0.39 is 0 Å². The summed E-state index contributed by atoms with van der Waals surface area (Å²) < 4.78 is 0. The highest BCUT2D eigenvalue weighted by molar-refractivity contribution is 5.27. The quantitative estimate of drug-likeness (QED) is 0.461. The van der Waals surface area contributed by atoms with Crippen LogP contribution in [0.3, 0.4) is 0 Å². The summed E-state index contributed by atoms with van der Waals surface area (Å²) in [6.45, 7) is 0. The smallest absolute Gasteiger partial charge is 0.00544 e. The molecule has 0 nitrogen and oxygen atoms in total. The zero-order valence-corrected chi connectivity index (χ0v) is 6.90. The van der Waals surface area contributed by atoms with Crippen molar-refractivity contribution in [2.24, 2.45) is 10.8 Å². The lowest BCUT2D eigenvalue weighted by atomic mass is 9.48. The summed E-state index contributed by atoms with van der Waals surface area (Å²) in [7, 11) is 0. The van der Waals surface area contributed by atoms with E-state index in [4.69, 9.17) is 0 Å². The van der Waals surface area contributed by atoms with Gasteiger partial charge in [0.2, 0.25) is 0 Å². The minimum Gasteiger partial charge on any atom is -0.128 e. The van der Waals surface area contributed by atoms with E-state index >= 15 is 0 Å². The Kier molecular flexibility index (Phi) is 0.908. The Morgan fingerprint density at radius 1 is 0.818 bits per heavy atom. The fourth-order valence-corrected chi connectivity index (χ4v) is 3.05. The van der Waals surface area contributed by atoms with Crippen molar-refractivity contribution in [1.82, 2.24) is 0 Å². The molecule has 0 N–H and O–H groups in total. The SMILES string of the molecule is C1=CC2(CCC2)C2(C=1)CCC2. The molecule has 0 radical (unpaired) electrons. The van der Waals surface area contributed by atoms with Gasteiger partial charge in [0.15, 0.2) is 0 Å². The first kappa shape index (κ1) is 6.08. The predicted octanol–water partition coefficient (Wildman–Crippen LogP) is 3.05. The molecule has 0 aromatic rings. The normalized spacial score (nSPS) is 34.2. The van der Waals surface area contributed by atoms with Gasteiger partial charge in [-0.15, -0.1) is 5.73 Å². The van der Waals surface area contributed by atoms with Crippen molar-refractivity contribution in [3.8, 4) is 0 Å². The van der Waals surface area contributed by atoms with Crippen LogP contribution in [0, 0.1) is 10.8 Å². The van der Waals surface area contributed by atoms with Gasteiger partial charge in [0.1, 0.15) is 0 Å². The Labute approximate surface area is 68.0 Å². The summed E-state index contributed by atoms with van der Waals surface area (Å²) in [5, 5.41) is 0. The van der Waals surface area contributed by atoms with Crippen molar-refractivity contribution < 1.29 is 0 Å². The van der Waals surface area contributed by atoms with Gasteiger partial charge in [-0.05, 0) is 37.8 Å². The first-order chi connectivity index (χ1) is 5.37. The van der Waals surface area contributed by atoms with Crippen LogP contribution >= 0.6 is 0 Å². The number of allylic oxidation sites excluding steroid dienone is 1. The lowest BCUT2D eigenvalue weighted by Crippen LogP contribution is -2.46. The zero-order chi connectivity index (χ0) is 7.36. The molecule has 0 aromatic heterocycles. The van der Waals surface area contributed by atoms with E-state index in [1.54, 1.807) is 0 Å². The fraction of sp³-hybridized carbons (Fsp3) is 0.727. The molecule has 0 atom stereocenters. The standard InChI is InChI=1S/C11H14/c1-4-10(5-1)8-3-9-11(10)6-2-7-11/h8-9H,1-2,4-7H2. The van der Waals surface area contributed by atoms with Gasteiger partial charge < -0.3 is 0 Å². The summed E-state index contributed by atoms with van der Waals surface area (Å²) in [6, 6.07) is 0. The van der Waals surface area contributed by atoms with Gasteiger partial charge in [0, 0.05) is 10.8 Å². The molecular formula is C11H14. The van der Waals surface area contributed by atoms with Crippen molar-refractivity contribution in [2.45, 2.75) is 38.5 Å². The third kappa shape index (κ3) is 0.509. The molecule has 0 aliphatic heterocycles. The van der Waals surface area contributed by atoms with E-state index in [1.807, 2.05) is 0 Å². The molecule has 58 valence electrons. The lowest BCUT2D eigenvalue weighted by Gasteiger charge is -2.56. The molecule has 3 rings (SSSR count). The molecule has 0 aromatic carbocycles. The van der Waals surface area contributed by atoms with Crippen LogP contribution in [0.1, 0.15) is 38.5 Å². The van der Waals surface area contributed by atoms with Crippen LogP contribution in [0.5, 0.6) is 0 Å². The Hall–Kier alpha value is -0.480. The van der Waals surface area contributed by atoms with Gasteiger partial charge >= 0.3 is 0 Å². The lowest BCUT2D eigenvalue weighted by molar-refractivity contribution is -0.0113. The van der Waals surface area contributed by atoms with Crippen LogP contribution in [0.25, 0.3) is 0 Å². The Bertz CT molecular complexity index is 221. The maximum absolute atomic E-state index is 3.36. The molecule has 2 fully saturated rings. The minimum atomic E-state index is 0.616. The fourth-order valence-electron chi connectivity index (χ4n) is 3.05. The van der Waals surface area contributed by atoms with Crippen molar-refractivity contribution in [2.75, 3.05) is 0 Å². The van der Waals surface area contributed by atoms with Gasteiger partial charge in [-0.2, -0.15) is 0 Å². The van der Waals surface area contributed by atoms with Crippen molar-refractivity contribution in [3.05, 3.63) is 17.9 Å². The zero-order valence-electron chi connectivity index (χ0n) is 6.90. The summed E-state index contributed by atoms with van der Waals surface area (Å²) in [6.07, 6.45) is 13.4. The van der Waals surface area contributed by atoms with Crippen LogP contribution in [-0.4, -0.2) is 0 Å². The summed E-state index contributed by atoms with van der Waals surface area (Å²) >= 11 is 0. The molecule has 3 aliphatic carbocycles.